The summed E-state index contributed by atoms with van der Waals surface area (Å²) >= 11 is 0. The zero-order valence-electron chi connectivity index (χ0n) is 13.9. The number of hydrogen-bond donors (Lipinski definition) is 3. The Morgan fingerprint density at radius 2 is 1.88 bits per heavy atom. The summed E-state index contributed by atoms with van der Waals surface area (Å²) in [5, 5.41) is 16.0. The van der Waals surface area contributed by atoms with Gasteiger partial charge in [0.2, 0.25) is 0 Å². The van der Waals surface area contributed by atoms with Crippen molar-refractivity contribution in [1.82, 2.24) is 10.6 Å². The van der Waals surface area contributed by atoms with Crippen LogP contribution in [0.1, 0.15) is 22.3 Å². The van der Waals surface area contributed by atoms with Crippen LogP contribution in [-0.2, 0) is 6.18 Å². The van der Waals surface area contributed by atoms with Crippen LogP contribution in [0.15, 0.2) is 48.5 Å². The Balaban J connectivity index is 1.72. The Labute approximate surface area is 149 Å². The highest BCUT2D eigenvalue weighted by Gasteiger charge is 2.31. The summed E-state index contributed by atoms with van der Waals surface area (Å²) in [4.78, 5) is 12.3. The zero-order chi connectivity index (χ0) is 18.8. The highest BCUT2D eigenvalue weighted by molar-refractivity contribution is 5.95. The molecular weight excluding hydrogens is 345 g/mol. The molecule has 7 heteroatoms. The van der Waals surface area contributed by atoms with E-state index >= 15 is 0 Å². The van der Waals surface area contributed by atoms with Gasteiger partial charge in [0, 0.05) is 18.7 Å². The van der Waals surface area contributed by atoms with Gasteiger partial charge in [0.25, 0.3) is 5.91 Å². The van der Waals surface area contributed by atoms with Crippen molar-refractivity contribution in [3.05, 3.63) is 59.7 Å². The van der Waals surface area contributed by atoms with Crippen LogP contribution in [0.25, 0.3) is 11.1 Å². The monoisotopic (exact) mass is 364 g/mol. The summed E-state index contributed by atoms with van der Waals surface area (Å²) < 4.78 is 38.0. The largest absolute Gasteiger partial charge is 0.416 e. The van der Waals surface area contributed by atoms with Crippen LogP contribution in [0.2, 0.25) is 0 Å². The third-order valence-electron chi connectivity index (χ3n) is 4.47. The lowest BCUT2D eigenvalue weighted by Crippen LogP contribution is -2.44. The minimum absolute atomic E-state index is 0.142. The summed E-state index contributed by atoms with van der Waals surface area (Å²) in [5.41, 5.74) is -0.0369. The number of carbonyl (C=O) groups is 1. The molecule has 1 atom stereocenters. The van der Waals surface area contributed by atoms with Gasteiger partial charge in [0.15, 0.2) is 0 Å². The van der Waals surface area contributed by atoms with Gasteiger partial charge in [-0.25, -0.2) is 0 Å². The number of nitrogens with one attached hydrogen (secondary N) is 2. The molecule has 2 aromatic carbocycles. The van der Waals surface area contributed by atoms with Crippen LogP contribution in [-0.4, -0.2) is 36.2 Å². The van der Waals surface area contributed by atoms with E-state index in [0.717, 1.165) is 12.1 Å². The smallest absolute Gasteiger partial charge is 0.387 e. The van der Waals surface area contributed by atoms with E-state index in [0.29, 0.717) is 36.2 Å². The van der Waals surface area contributed by atoms with E-state index in [1.807, 2.05) is 0 Å². The molecule has 3 N–H and O–H groups in total. The molecule has 0 spiro atoms. The van der Waals surface area contributed by atoms with Gasteiger partial charge in [0.05, 0.1) is 11.2 Å². The van der Waals surface area contributed by atoms with E-state index in [-0.39, 0.29) is 12.5 Å². The highest BCUT2D eigenvalue weighted by Crippen LogP contribution is 2.31. The van der Waals surface area contributed by atoms with Crippen LogP contribution in [0.4, 0.5) is 13.2 Å². The second-order valence-corrected chi connectivity index (χ2v) is 6.49. The Hall–Kier alpha value is -2.38. The highest BCUT2D eigenvalue weighted by atomic mass is 19.4. The van der Waals surface area contributed by atoms with E-state index in [2.05, 4.69) is 10.6 Å². The number of alkyl halides is 3. The van der Waals surface area contributed by atoms with E-state index in [1.165, 1.54) is 12.1 Å². The van der Waals surface area contributed by atoms with Crippen molar-refractivity contribution in [3.8, 4) is 11.1 Å². The van der Waals surface area contributed by atoms with Crippen molar-refractivity contribution in [2.45, 2.75) is 18.2 Å². The topological polar surface area (TPSA) is 61.4 Å². The molecule has 4 nitrogen and oxygen atoms in total. The average Bonchev–Trinajstić information content (AvgIpc) is 3.06. The number of aliphatic hydroxyl groups is 1. The minimum atomic E-state index is -4.38. The van der Waals surface area contributed by atoms with Gasteiger partial charge in [-0.15, -0.1) is 0 Å². The first-order valence-corrected chi connectivity index (χ1v) is 8.26. The van der Waals surface area contributed by atoms with Gasteiger partial charge in [-0.05, 0) is 48.4 Å². The lowest BCUT2D eigenvalue weighted by molar-refractivity contribution is -0.137. The zero-order valence-corrected chi connectivity index (χ0v) is 13.9. The maximum Gasteiger partial charge on any atom is 0.416 e. The van der Waals surface area contributed by atoms with Crippen molar-refractivity contribution in [3.63, 3.8) is 0 Å². The maximum absolute atomic E-state index is 12.7. The van der Waals surface area contributed by atoms with E-state index in [9.17, 15) is 23.1 Å². The molecule has 0 radical (unpaired) electrons. The first-order valence-electron chi connectivity index (χ1n) is 8.26. The minimum Gasteiger partial charge on any atom is -0.387 e. The molecule has 26 heavy (non-hydrogen) atoms. The SMILES string of the molecule is O=C(NCC1(O)CCNC1)c1cccc(-c2ccc(C(F)(F)F)cc2)c1. The molecular formula is C19H19F3N2O2. The van der Waals surface area contributed by atoms with Gasteiger partial charge >= 0.3 is 6.18 Å². The molecule has 3 rings (SSSR count). The maximum atomic E-state index is 12.7. The molecule has 1 fully saturated rings. The Kier molecular flexibility index (Phi) is 5.02. The van der Waals surface area contributed by atoms with Gasteiger partial charge in [-0.3, -0.25) is 4.79 Å². The van der Waals surface area contributed by atoms with Gasteiger partial charge < -0.3 is 15.7 Å². The summed E-state index contributed by atoms with van der Waals surface area (Å²) in [5.74, 6) is -0.334. The number of hydrogen-bond acceptors (Lipinski definition) is 3. The van der Waals surface area contributed by atoms with Crippen LogP contribution < -0.4 is 10.6 Å². The lowest BCUT2D eigenvalue weighted by atomic mass is 10.0. The third kappa shape index (κ3) is 4.23. The molecule has 1 amide bonds. The van der Waals surface area contributed by atoms with Crippen molar-refractivity contribution < 1.29 is 23.1 Å². The van der Waals surface area contributed by atoms with E-state index in [1.54, 1.807) is 24.3 Å². The predicted octanol–water partition coefficient (Wildman–Crippen LogP) is 2.83. The van der Waals surface area contributed by atoms with Crippen molar-refractivity contribution >= 4 is 5.91 Å². The van der Waals surface area contributed by atoms with Crippen LogP contribution in [0, 0.1) is 0 Å². The number of amides is 1. The molecule has 1 aliphatic heterocycles. The van der Waals surface area contributed by atoms with Crippen molar-refractivity contribution in [1.29, 1.82) is 0 Å². The van der Waals surface area contributed by atoms with Gasteiger partial charge in [-0.1, -0.05) is 24.3 Å². The summed E-state index contributed by atoms with van der Waals surface area (Å²) in [6.07, 6.45) is -3.81. The average molecular weight is 364 g/mol. The molecule has 2 aromatic rings. The number of carbonyl (C=O) groups excluding carboxylic acids is 1. The molecule has 0 saturated carbocycles. The molecule has 1 heterocycles. The first-order chi connectivity index (χ1) is 12.3. The molecule has 0 aromatic heterocycles. The number of halogens is 3. The Bertz CT molecular complexity index is 782. The molecule has 1 saturated heterocycles. The van der Waals surface area contributed by atoms with Gasteiger partial charge in [-0.2, -0.15) is 13.2 Å². The number of benzene rings is 2. The lowest BCUT2D eigenvalue weighted by Gasteiger charge is -2.21. The normalized spacial score (nSPS) is 20.2. The third-order valence-corrected chi connectivity index (χ3v) is 4.47. The van der Waals surface area contributed by atoms with E-state index in [4.69, 9.17) is 0 Å². The number of β-amino-alcohol motifs (C(OH)–C–C–N with tert-alkyl or cyclic N) is 1. The van der Waals surface area contributed by atoms with Crippen molar-refractivity contribution in [2.75, 3.05) is 19.6 Å². The number of rotatable bonds is 4. The quantitative estimate of drug-likeness (QED) is 0.782. The molecule has 0 aliphatic carbocycles. The van der Waals surface area contributed by atoms with E-state index < -0.39 is 17.3 Å². The predicted molar refractivity (Wildman–Crippen MR) is 91.6 cm³/mol. The van der Waals surface area contributed by atoms with Crippen LogP contribution >= 0.6 is 0 Å². The second-order valence-electron chi connectivity index (χ2n) is 6.49. The standard InChI is InChI=1S/C19H19F3N2O2/c20-19(21,22)16-6-4-13(5-7-16)14-2-1-3-15(10-14)17(25)24-12-18(26)8-9-23-11-18/h1-7,10,23,26H,8-9,11-12H2,(H,24,25). The molecule has 138 valence electrons. The summed E-state index contributed by atoms with van der Waals surface area (Å²) in [7, 11) is 0. The van der Waals surface area contributed by atoms with Crippen LogP contribution in [0.3, 0.4) is 0 Å². The fourth-order valence-electron chi connectivity index (χ4n) is 2.92. The molecule has 1 unspecified atom stereocenters. The molecule has 1 aliphatic rings. The first kappa shape index (κ1) is 18.4. The fraction of sp³-hybridized carbons (Fsp3) is 0.316. The Morgan fingerprint density at radius 3 is 2.50 bits per heavy atom. The summed E-state index contributed by atoms with van der Waals surface area (Å²) in [6.45, 7) is 1.28. The summed E-state index contributed by atoms with van der Waals surface area (Å²) in [6, 6.07) is 11.4. The van der Waals surface area contributed by atoms with Gasteiger partial charge in [0.1, 0.15) is 0 Å². The van der Waals surface area contributed by atoms with Crippen LogP contribution in [0.5, 0.6) is 0 Å². The fourth-order valence-corrected chi connectivity index (χ4v) is 2.92. The Morgan fingerprint density at radius 1 is 1.15 bits per heavy atom. The van der Waals surface area contributed by atoms with Crippen molar-refractivity contribution in [2.24, 2.45) is 0 Å². The molecule has 0 bridgehead atoms. The second kappa shape index (κ2) is 7.09.